The van der Waals surface area contributed by atoms with Crippen molar-refractivity contribution in [3.8, 4) is 0 Å². The van der Waals surface area contributed by atoms with Gasteiger partial charge in [-0.25, -0.2) is 0 Å². The van der Waals surface area contributed by atoms with Crippen LogP contribution in [0.5, 0.6) is 0 Å². The first kappa shape index (κ1) is 44.6. The van der Waals surface area contributed by atoms with Gasteiger partial charge >= 0.3 is 51.7 Å². The minimum absolute atomic E-state index is 0. The summed E-state index contributed by atoms with van der Waals surface area (Å²) in [7, 11) is 0. The number of hydrogen-bond donors (Lipinski definition) is 0. The van der Waals surface area contributed by atoms with Gasteiger partial charge in [-0.3, -0.25) is 0 Å². The van der Waals surface area contributed by atoms with Crippen LogP contribution in [-0.4, -0.2) is 0 Å². The third kappa shape index (κ3) is 9.40. The zero-order chi connectivity index (χ0) is 0. The van der Waals surface area contributed by atoms with Gasteiger partial charge in [0.2, 0.25) is 0 Å². The van der Waals surface area contributed by atoms with Crippen LogP contribution in [0.2, 0.25) is 0 Å². The molecule has 0 bridgehead atoms. The predicted molar refractivity (Wildman–Crippen MR) is 1.37 cm³/mol. The molecule has 0 aromatic rings. The molecule has 0 N–H and O–H groups in total. The molecular weight excluding hydrogens is 255 g/mol. The van der Waals surface area contributed by atoms with E-state index in [1.165, 1.54) is 0 Å². The molecule has 0 amide bonds. The van der Waals surface area contributed by atoms with E-state index in [9.17, 15) is 0 Å². The second-order valence-corrected chi connectivity index (χ2v) is 0. The summed E-state index contributed by atoms with van der Waals surface area (Å²) in [6.07, 6.45) is 0. The molecule has 0 aromatic carbocycles. The van der Waals surface area contributed by atoms with Crippen LogP contribution in [0.25, 0.3) is 0 Å². The summed E-state index contributed by atoms with van der Waals surface area (Å²) in [4.78, 5) is 0. The van der Waals surface area contributed by atoms with Gasteiger partial charge in [0, 0.05) is 0 Å². The summed E-state index contributed by atoms with van der Waals surface area (Å²) < 4.78 is 0. The fraction of sp³-hybridized carbons (Fsp3) is 0. The smallest absolute Gasteiger partial charge is 2.00 e. The standard InChI is InChI=1S/Hf.2O.Sc/q+4;2*-2;+3. The van der Waals surface area contributed by atoms with Crippen molar-refractivity contribution in [2.45, 2.75) is 0 Å². The van der Waals surface area contributed by atoms with E-state index in [0.717, 1.165) is 0 Å². The van der Waals surface area contributed by atoms with Crippen molar-refractivity contribution < 1.29 is 62.6 Å². The Hall–Kier alpha value is 1.66. The molecule has 0 aromatic heterocycles. The van der Waals surface area contributed by atoms with Crippen molar-refractivity contribution >= 4 is 0 Å². The predicted octanol–water partition coefficient (Wildman–Crippen LogP) is -0.243. The zero-order valence-electron chi connectivity index (χ0n) is 1.89. The largest absolute Gasteiger partial charge is 4.00 e. The Bertz CT molecular complexity index is 6.00. The van der Waals surface area contributed by atoms with Gasteiger partial charge in [0.05, 0.1) is 0 Å². The molecule has 0 unspecified atom stereocenters. The summed E-state index contributed by atoms with van der Waals surface area (Å²) in [5, 5.41) is 0. The van der Waals surface area contributed by atoms with Crippen molar-refractivity contribution in [1.82, 2.24) is 0 Å². The van der Waals surface area contributed by atoms with E-state index in [4.69, 9.17) is 0 Å². The van der Waals surface area contributed by atoms with Crippen molar-refractivity contribution in [1.29, 1.82) is 0 Å². The fourth-order valence-electron chi connectivity index (χ4n) is 0. The van der Waals surface area contributed by atoms with E-state index in [2.05, 4.69) is 0 Å². The fourth-order valence-corrected chi connectivity index (χ4v) is 0. The van der Waals surface area contributed by atoms with Crippen LogP contribution in [0, 0.1) is 0 Å². The van der Waals surface area contributed by atoms with E-state index in [1.807, 2.05) is 0 Å². The van der Waals surface area contributed by atoms with Gasteiger partial charge < -0.3 is 11.0 Å². The molecule has 0 saturated heterocycles. The van der Waals surface area contributed by atoms with Crippen LogP contribution >= 0.6 is 0 Å². The molecule has 2 nitrogen and oxygen atoms in total. The average Bonchev–Trinajstić information content (AvgIpc) is 0. The molecule has 4 heavy (non-hydrogen) atoms. The minimum Gasteiger partial charge on any atom is -2.00 e. The van der Waals surface area contributed by atoms with Gasteiger partial charge in [-0.2, -0.15) is 0 Å². The molecular formula is HfO2Sc+3. The maximum absolute atomic E-state index is 0. The molecule has 16 valence electrons. The molecule has 0 rings (SSSR count). The first-order valence-electron chi connectivity index (χ1n) is 0. The quantitative estimate of drug-likeness (QED) is 0.536. The van der Waals surface area contributed by atoms with Crippen LogP contribution in [0.4, 0.5) is 0 Å². The zero-order valence-corrected chi connectivity index (χ0v) is 7.29. The molecule has 0 radical (unpaired) electrons. The molecule has 0 fully saturated rings. The SMILES string of the molecule is [Hf+4].[O-2].[O-2].[Sc+3]. The van der Waals surface area contributed by atoms with E-state index in [1.54, 1.807) is 0 Å². The second kappa shape index (κ2) is 22.7. The molecule has 0 aliphatic heterocycles. The summed E-state index contributed by atoms with van der Waals surface area (Å²) >= 11 is 0. The Kier molecular flexibility index (Phi) is 253. The Morgan fingerprint density at radius 3 is 0.750 bits per heavy atom. The van der Waals surface area contributed by atoms with Crippen LogP contribution < -0.4 is 0 Å². The third-order valence-corrected chi connectivity index (χ3v) is 0. The molecule has 0 saturated carbocycles. The average molecular weight is 255 g/mol. The molecule has 0 heterocycles. The van der Waals surface area contributed by atoms with E-state index in [-0.39, 0.29) is 62.6 Å². The topological polar surface area (TPSA) is 57.0 Å². The van der Waals surface area contributed by atoms with Crippen LogP contribution in [-0.2, 0) is 62.6 Å². The molecule has 0 aliphatic rings. The first-order valence-corrected chi connectivity index (χ1v) is 0. The van der Waals surface area contributed by atoms with Crippen LogP contribution in [0.1, 0.15) is 0 Å². The maximum atomic E-state index is 0. The molecule has 4 heteroatoms. The van der Waals surface area contributed by atoms with Gasteiger partial charge in [0.25, 0.3) is 0 Å². The summed E-state index contributed by atoms with van der Waals surface area (Å²) in [5.74, 6) is 0. The Morgan fingerprint density at radius 1 is 0.750 bits per heavy atom. The van der Waals surface area contributed by atoms with E-state index >= 15 is 0 Å². The minimum atomic E-state index is 0. The summed E-state index contributed by atoms with van der Waals surface area (Å²) in [6, 6.07) is 0. The summed E-state index contributed by atoms with van der Waals surface area (Å²) in [5.41, 5.74) is 0. The molecule has 0 aliphatic carbocycles. The van der Waals surface area contributed by atoms with Crippen molar-refractivity contribution in [2.24, 2.45) is 0 Å². The van der Waals surface area contributed by atoms with Crippen LogP contribution in [0.3, 0.4) is 0 Å². The van der Waals surface area contributed by atoms with Gasteiger partial charge in [0.1, 0.15) is 0 Å². The van der Waals surface area contributed by atoms with Crippen molar-refractivity contribution in [2.75, 3.05) is 0 Å². The van der Waals surface area contributed by atoms with Gasteiger partial charge in [-0.05, 0) is 0 Å². The molecule has 0 atom stereocenters. The summed E-state index contributed by atoms with van der Waals surface area (Å²) in [6.45, 7) is 0. The Morgan fingerprint density at radius 2 is 0.750 bits per heavy atom. The molecule has 0 spiro atoms. The number of hydrogen-bond acceptors (Lipinski definition) is 0. The maximum Gasteiger partial charge on any atom is 4.00 e. The normalized spacial score (nSPS) is 0. The number of rotatable bonds is 0. The third-order valence-electron chi connectivity index (χ3n) is 0. The van der Waals surface area contributed by atoms with Crippen molar-refractivity contribution in [3.63, 3.8) is 0 Å². The second-order valence-electron chi connectivity index (χ2n) is 0. The first-order chi connectivity index (χ1) is 0. The Labute approximate surface area is 62.1 Å². The van der Waals surface area contributed by atoms with Crippen LogP contribution in [0.15, 0.2) is 0 Å². The van der Waals surface area contributed by atoms with Crippen molar-refractivity contribution in [3.05, 3.63) is 0 Å². The van der Waals surface area contributed by atoms with E-state index in [0.29, 0.717) is 0 Å². The van der Waals surface area contributed by atoms with Gasteiger partial charge in [-0.15, -0.1) is 0 Å². The van der Waals surface area contributed by atoms with E-state index < -0.39 is 0 Å². The monoisotopic (exact) mass is 257 g/mol. The van der Waals surface area contributed by atoms with Gasteiger partial charge in [-0.1, -0.05) is 0 Å². The Balaban J connectivity index is 0. The van der Waals surface area contributed by atoms with Gasteiger partial charge in [0.15, 0.2) is 0 Å².